The van der Waals surface area contributed by atoms with Crippen LogP contribution in [0.15, 0.2) is 0 Å². The van der Waals surface area contributed by atoms with Crippen LogP contribution in [0.1, 0.15) is 0 Å². The van der Waals surface area contributed by atoms with Crippen molar-refractivity contribution < 1.29 is 60.5 Å². The topological polar surface area (TPSA) is 138 Å². The Morgan fingerprint density at radius 3 is 0.556 bits per heavy atom. The van der Waals surface area contributed by atoms with Gasteiger partial charge in [0.05, 0.1) is 0 Å². The maximum absolute atomic E-state index is 8.48. The van der Waals surface area contributed by atoms with Crippen LogP contribution in [0.4, 0.5) is 0 Å². The van der Waals surface area contributed by atoms with E-state index in [2.05, 4.69) is 0 Å². The van der Waals surface area contributed by atoms with Crippen molar-refractivity contribution in [2.45, 2.75) is 0 Å². The molecule has 0 unspecified atom stereocenters. The van der Waals surface area contributed by atoms with Gasteiger partial charge < -0.3 is 46.6 Å². The van der Waals surface area contributed by atoms with E-state index in [0.717, 1.165) is 0 Å². The Morgan fingerprint density at radius 1 is 0.556 bits per heavy atom. The third-order valence-corrected chi connectivity index (χ3v) is 0. The first-order chi connectivity index (χ1) is 3.46. The predicted octanol–water partition coefficient (Wildman–Crippen LogP) is -5.41. The summed E-state index contributed by atoms with van der Waals surface area (Å²) < 4.78 is 0. The van der Waals surface area contributed by atoms with Gasteiger partial charge in [0.2, 0.25) is 0 Å². The molecule has 0 saturated heterocycles. The van der Waals surface area contributed by atoms with E-state index in [1.165, 1.54) is 0 Å². The normalized spacial score (nSPS) is 8.00. The van der Waals surface area contributed by atoms with Gasteiger partial charge in [0.25, 0.3) is 0 Å². The van der Waals surface area contributed by atoms with Crippen molar-refractivity contribution in [3.8, 4) is 0 Å². The molecule has 0 N–H and O–H groups in total. The first-order valence-corrected chi connectivity index (χ1v) is 3.29. The van der Waals surface area contributed by atoms with Crippen LogP contribution in [0.25, 0.3) is 0 Å². The van der Waals surface area contributed by atoms with Gasteiger partial charge in [-0.25, -0.2) is 0 Å². The Bertz CT molecular complexity index is 26.5. The van der Waals surface area contributed by atoms with Crippen molar-refractivity contribution >= 4 is 17.2 Å². The molecule has 0 amide bonds. The van der Waals surface area contributed by atoms with Crippen molar-refractivity contribution in [3.63, 3.8) is 0 Å². The standard InChI is InChI=1S/2O3P.U/c2*1-4(2)3;/q2*-3;. The monoisotopic (exact) mass is 396 g/mol. The molecule has 0 aromatic heterocycles. The van der Waals surface area contributed by atoms with E-state index in [-0.39, 0.29) is 31.1 Å². The molecule has 0 heterocycles. The maximum atomic E-state index is 8.48. The van der Waals surface area contributed by atoms with Crippen LogP contribution in [0.3, 0.4) is 0 Å². The Kier molecular flexibility index (Phi) is 23.3. The molecule has 0 saturated carbocycles. The van der Waals surface area contributed by atoms with E-state index < -0.39 is 17.2 Å². The fourth-order valence-corrected chi connectivity index (χ4v) is 0. The molecule has 0 aliphatic heterocycles. The molecule has 0 rings (SSSR count). The molecule has 0 bridgehead atoms. The molecule has 6 nitrogen and oxygen atoms in total. The minimum absolute atomic E-state index is 0. The van der Waals surface area contributed by atoms with E-state index in [1.807, 2.05) is 0 Å². The minimum atomic E-state index is -3.37. The summed E-state index contributed by atoms with van der Waals surface area (Å²) in [5.74, 6) is 0. The zero-order valence-corrected chi connectivity index (χ0v) is 9.80. The largest absolute Gasteiger partial charge is 0.854 e. The van der Waals surface area contributed by atoms with Crippen LogP contribution in [0.5, 0.6) is 0 Å². The van der Waals surface area contributed by atoms with E-state index in [9.17, 15) is 0 Å². The van der Waals surface area contributed by atoms with Crippen molar-refractivity contribution in [2.75, 3.05) is 0 Å². The smallest absolute Gasteiger partial charge is 0 e. The average Bonchev–Trinajstić information content (AvgIpc) is 1.25. The molecular weight excluding hydrogens is 396 g/mol. The first-order valence-electron chi connectivity index (χ1n) is 1.10. The number of hydrogen-bond acceptors (Lipinski definition) is 6. The summed E-state index contributed by atoms with van der Waals surface area (Å²) in [7, 11) is -6.74. The molecule has 56 valence electrons. The van der Waals surface area contributed by atoms with Crippen molar-refractivity contribution in [3.05, 3.63) is 0 Å². The number of rotatable bonds is 0. The molecule has 0 aromatic rings. The Balaban J connectivity index is -0.0000000720. The molecule has 0 radical (unpaired) electrons. The second kappa shape index (κ2) is 12.4. The van der Waals surface area contributed by atoms with Crippen molar-refractivity contribution in [1.29, 1.82) is 0 Å². The molecular formula is O6P2U-6. The van der Waals surface area contributed by atoms with Crippen LogP contribution < -0.4 is 29.4 Å². The fourth-order valence-electron chi connectivity index (χ4n) is 0. The average molecular weight is 396 g/mol. The van der Waals surface area contributed by atoms with Gasteiger partial charge >= 0.3 is 0 Å². The second-order valence-electron chi connectivity index (χ2n) is 0.447. The first kappa shape index (κ1) is 17.0. The van der Waals surface area contributed by atoms with Gasteiger partial charge in [-0.1, -0.05) is 0 Å². The van der Waals surface area contributed by atoms with Gasteiger partial charge in [0.1, 0.15) is 0 Å². The minimum Gasteiger partial charge on any atom is -0.854 e. The summed E-state index contributed by atoms with van der Waals surface area (Å²) >= 11 is 0. The zero-order valence-electron chi connectivity index (χ0n) is 3.84. The van der Waals surface area contributed by atoms with Crippen LogP contribution in [0.2, 0.25) is 0 Å². The van der Waals surface area contributed by atoms with Gasteiger partial charge in [-0.3, -0.25) is 0 Å². The summed E-state index contributed by atoms with van der Waals surface area (Å²) in [4.78, 5) is 50.9. The molecule has 0 aliphatic rings. The molecule has 0 spiro atoms. The third kappa shape index (κ3) is 204. The maximum Gasteiger partial charge on any atom is 0 e. The van der Waals surface area contributed by atoms with E-state index >= 15 is 0 Å². The van der Waals surface area contributed by atoms with Gasteiger partial charge in [-0.2, -0.15) is 0 Å². The predicted molar refractivity (Wildman–Crippen MR) is 13.8 cm³/mol. The SMILES string of the molecule is [O-]P([O-])[O-].[O-]P([O-])[O-].[U]. The van der Waals surface area contributed by atoms with Gasteiger partial charge in [0, 0.05) is 31.1 Å². The molecule has 0 aliphatic carbocycles. The van der Waals surface area contributed by atoms with Gasteiger partial charge in [0.15, 0.2) is 0 Å². The van der Waals surface area contributed by atoms with Crippen molar-refractivity contribution in [1.82, 2.24) is 0 Å². The third-order valence-electron chi connectivity index (χ3n) is 0. The van der Waals surface area contributed by atoms with Gasteiger partial charge in [-0.15, -0.1) is 0 Å². The van der Waals surface area contributed by atoms with E-state index in [1.54, 1.807) is 0 Å². The van der Waals surface area contributed by atoms with Crippen LogP contribution >= 0.6 is 17.2 Å². The summed E-state index contributed by atoms with van der Waals surface area (Å²) in [5.41, 5.74) is 0. The Hall–Kier alpha value is 1.67. The fraction of sp³-hybridized carbons (Fsp3) is 0. The summed E-state index contributed by atoms with van der Waals surface area (Å²) in [5, 5.41) is 0. The number of hydrogen-bond donors (Lipinski definition) is 0. The van der Waals surface area contributed by atoms with Gasteiger partial charge in [-0.05, 0) is 0 Å². The molecule has 0 fully saturated rings. The Morgan fingerprint density at radius 2 is 0.556 bits per heavy atom. The molecule has 9 heavy (non-hydrogen) atoms. The van der Waals surface area contributed by atoms with Crippen LogP contribution in [-0.4, -0.2) is 0 Å². The summed E-state index contributed by atoms with van der Waals surface area (Å²) in [6, 6.07) is 0. The van der Waals surface area contributed by atoms with E-state index in [0.29, 0.717) is 0 Å². The second-order valence-corrected chi connectivity index (χ2v) is 1.34. The zero-order chi connectivity index (χ0) is 7.15. The molecule has 0 atom stereocenters. The molecule has 9 heteroatoms. The summed E-state index contributed by atoms with van der Waals surface area (Å²) in [6.45, 7) is 0. The quantitative estimate of drug-likeness (QED) is 0.375. The van der Waals surface area contributed by atoms with Crippen LogP contribution in [-0.2, 0) is 0 Å². The Labute approximate surface area is 77.5 Å². The van der Waals surface area contributed by atoms with Crippen LogP contribution in [0, 0.1) is 31.1 Å². The summed E-state index contributed by atoms with van der Waals surface area (Å²) in [6.07, 6.45) is 0. The molecule has 0 aromatic carbocycles. The van der Waals surface area contributed by atoms with Crippen molar-refractivity contribution in [2.24, 2.45) is 0 Å². The van der Waals surface area contributed by atoms with E-state index in [4.69, 9.17) is 29.4 Å².